The van der Waals surface area contributed by atoms with E-state index in [4.69, 9.17) is 0 Å². The van der Waals surface area contributed by atoms with Crippen LogP contribution in [0, 0.1) is 0 Å². The third kappa shape index (κ3) is 3.91. The third-order valence-corrected chi connectivity index (χ3v) is 4.50. The highest BCUT2D eigenvalue weighted by Gasteiger charge is 2.15. The van der Waals surface area contributed by atoms with Crippen molar-refractivity contribution in [2.24, 2.45) is 0 Å². The van der Waals surface area contributed by atoms with E-state index in [1.165, 1.54) is 11.1 Å². The summed E-state index contributed by atoms with van der Waals surface area (Å²) in [5.74, 6) is -0.109. The van der Waals surface area contributed by atoms with Crippen molar-refractivity contribution >= 4 is 5.91 Å². The van der Waals surface area contributed by atoms with Crippen molar-refractivity contribution < 1.29 is 4.79 Å². The Bertz CT molecular complexity index is 768. The summed E-state index contributed by atoms with van der Waals surface area (Å²) in [6.07, 6.45) is 5.18. The second-order valence-electron chi connectivity index (χ2n) is 6.41. The molecule has 2 aromatic rings. The average Bonchev–Trinajstić information content (AvgIpc) is 2.81. The van der Waals surface area contributed by atoms with Crippen molar-refractivity contribution in [2.45, 2.75) is 45.2 Å². The molecule has 1 amide bonds. The van der Waals surface area contributed by atoms with Gasteiger partial charge in [0.1, 0.15) is 6.54 Å². The first kappa shape index (κ1) is 16.4. The minimum Gasteiger partial charge on any atom is -0.340 e. The summed E-state index contributed by atoms with van der Waals surface area (Å²) in [7, 11) is 1.75. The molecule has 0 N–H and O–H groups in total. The van der Waals surface area contributed by atoms with Crippen LogP contribution in [-0.2, 0) is 30.7 Å². The molecule has 1 aromatic carbocycles. The smallest absolute Gasteiger partial charge is 0.267 e. The van der Waals surface area contributed by atoms with E-state index < -0.39 is 0 Å². The summed E-state index contributed by atoms with van der Waals surface area (Å²) >= 11 is 0. The van der Waals surface area contributed by atoms with Crippen molar-refractivity contribution in [3.8, 4) is 0 Å². The van der Waals surface area contributed by atoms with Gasteiger partial charge in [-0.15, -0.1) is 0 Å². The zero-order valence-corrected chi connectivity index (χ0v) is 14.1. The van der Waals surface area contributed by atoms with Gasteiger partial charge in [0.25, 0.3) is 5.56 Å². The van der Waals surface area contributed by atoms with Crippen LogP contribution in [0.25, 0.3) is 0 Å². The van der Waals surface area contributed by atoms with Crippen LogP contribution in [0.5, 0.6) is 0 Å². The van der Waals surface area contributed by atoms with Crippen LogP contribution >= 0.6 is 0 Å². The molecule has 0 unspecified atom stereocenters. The van der Waals surface area contributed by atoms with Crippen LogP contribution in [0.4, 0.5) is 0 Å². The maximum atomic E-state index is 12.4. The number of amides is 1. The van der Waals surface area contributed by atoms with Gasteiger partial charge >= 0.3 is 0 Å². The molecule has 0 saturated carbocycles. The fourth-order valence-electron chi connectivity index (χ4n) is 3.09. The normalized spacial score (nSPS) is 13.9. The minimum absolute atomic E-state index is 0.00452. The first-order valence-corrected chi connectivity index (χ1v) is 8.51. The predicted molar refractivity (Wildman–Crippen MR) is 92.7 cm³/mol. The van der Waals surface area contributed by atoms with Crippen LogP contribution in [0.15, 0.2) is 41.2 Å². The number of hydrogen-bond donors (Lipinski definition) is 0. The molecular weight excluding hydrogens is 302 g/mol. The van der Waals surface area contributed by atoms with Gasteiger partial charge in [0.2, 0.25) is 5.91 Å². The maximum absolute atomic E-state index is 12.4. The number of carbonyl (C=O) groups is 1. The van der Waals surface area contributed by atoms with Gasteiger partial charge in [-0.1, -0.05) is 36.8 Å². The second-order valence-corrected chi connectivity index (χ2v) is 6.41. The zero-order valence-electron chi connectivity index (χ0n) is 14.1. The van der Waals surface area contributed by atoms with Crippen molar-refractivity contribution in [3.63, 3.8) is 0 Å². The lowest BCUT2D eigenvalue weighted by Gasteiger charge is -2.18. The molecule has 0 radical (unpaired) electrons. The van der Waals surface area contributed by atoms with Crippen LogP contribution in [0.1, 0.15) is 36.1 Å². The lowest BCUT2D eigenvalue weighted by atomic mass is 10.1. The highest BCUT2D eigenvalue weighted by molar-refractivity contribution is 5.75. The molecule has 1 aliphatic carbocycles. The molecule has 1 aliphatic rings. The zero-order chi connectivity index (χ0) is 16.9. The van der Waals surface area contributed by atoms with E-state index in [-0.39, 0.29) is 18.0 Å². The highest BCUT2D eigenvalue weighted by Crippen LogP contribution is 2.16. The molecule has 126 valence electrons. The average molecular weight is 325 g/mol. The fraction of sp³-hybridized carbons (Fsp3) is 0.421. The van der Waals surface area contributed by atoms with Gasteiger partial charge < -0.3 is 4.90 Å². The number of nitrogens with zero attached hydrogens (tertiary/aromatic N) is 3. The number of aryl methyl sites for hydroxylation is 2. The van der Waals surface area contributed by atoms with Gasteiger partial charge in [0.05, 0.1) is 5.69 Å². The van der Waals surface area contributed by atoms with Crippen LogP contribution in [0.3, 0.4) is 0 Å². The van der Waals surface area contributed by atoms with E-state index in [2.05, 4.69) is 5.10 Å². The molecule has 0 aliphatic heterocycles. The molecule has 0 bridgehead atoms. The van der Waals surface area contributed by atoms with Gasteiger partial charge in [-0.2, -0.15) is 5.10 Å². The highest BCUT2D eigenvalue weighted by atomic mass is 16.2. The van der Waals surface area contributed by atoms with Gasteiger partial charge in [0, 0.05) is 19.7 Å². The van der Waals surface area contributed by atoms with E-state index >= 15 is 0 Å². The first-order chi connectivity index (χ1) is 11.6. The summed E-state index contributed by atoms with van der Waals surface area (Å²) in [5, 5.41) is 4.46. The molecule has 1 aromatic heterocycles. The van der Waals surface area contributed by atoms with Crippen molar-refractivity contribution in [3.05, 3.63) is 63.6 Å². The van der Waals surface area contributed by atoms with E-state index in [0.29, 0.717) is 6.54 Å². The fourth-order valence-corrected chi connectivity index (χ4v) is 3.09. The summed E-state index contributed by atoms with van der Waals surface area (Å²) < 4.78 is 1.31. The molecule has 0 fully saturated rings. The van der Waals surface area contributed by atoms with E-state index in [1.54, 1.807) is 18.0 Å². The Hall–Kier alpha value is -2.43. The third-order valence-electron chi connectivity index (χ3n) is 4.50. The molecule has 5 heteroatoms. The van der Waals surface area contributed by atoms with Crippen LogP contribution in [-0.4, -0.2) is 27.6 Å². The Labute approximate surface area is 141 Å². The molecule has 3 rings (SSSR count). The second kappa shape index (κ2) is 7.43. The van der Waals surface area contributed by atoms with Crippen LogP contribution < -0.4 is 5.56 Å². The number of benzene rings is 1. The Morgan fingerprint density at radius 2 is 1.92 bits per heavy atom. The molecule has 0 saturated heterocycles. The van der Waals surface area contributed by atoms with E-state index in [0.717, 1.165) is 42.5 Å². The van der Waals surface area contributed by atoms with Gasteiger partial charge in [0.15, 0.2) is 0 Å². The monoisotopic (exact) mass is 325 g/mol. The quantitative estimate of drug-likeness (QED) is 0.810. The maximum Gasteiger partial charge on any atom is 0.267 e. The molecule has 5 nitrogen and oxygen atoms in total. The van der Waals surface area contributed by atoms with Gasteiger partial charge in [-0.3, -0.25) is 9.59 Å². The van der Waals surface area contributed by atoms with Crippen molar-refractivity contribution in [1.82, 2.24) is 14.7 Å². The van der Waals surface area contributed by atoms with E-state index in [9.17, 15) is 9.59 Å². The Kier molecular flexibility index (Phi) is 5.08. The van der Waals surface area contributed by atoms with Crippen molar-refractivity contribution in [2.75, 3.05) is 7.05 Å². The van der Waals surface area contributed by atoms with Crippen molar-refractivity contribution in [1.29, 1.82) is 0 Å². The standard InChI is InChI=1S/C19H23N3O2/c1-21(13-15-8-4-2-5-9-15)19(24)14-22-18(23)12-16-10-6-3-7-11-17(16)20-22/h2,4-5,8-9,12H,3,6-7,10-11,13-14H2,1H3. The topological polar surface area (TPSA) is 55.2 Å². The first-order valence-electron chi connectivity index (χ1n) is 8.51. The van der Waals surface area contributed by atoms with Gasteiger partial charge in [-0.25, -0.2) is 4.68 Å². The number of rotatable bonds is 4. The predicted octanol–water partition coefficient (Wildman–Crippen LogP) is 2.17. The van der Waals surface area contributed by atoms with Crippen LogP contribution in [0.2, 0.25) is 0 Å². The number of carbonyl (C=O) groups excluding carboxylic acids is 1. The molecule has 0 spiro atoms. The SMILES string of the molecule is CN(Cc1ccccc1)C(=O)Cn1nc2c(cc1=O)CCCCC2. The Morgan fingerprint density at radius 3 is 2.71 bits per heavy atom. The molecular formula is C19H23N3O2. The summed E-state index contributed by atoms with van der Waals surface area (Å²) in [5.41, 5.74) is 2.91. The number of hydrogen-bond acceptors (Lipinski definition) is 3. The number of fused-ring (bicyclic) bond motifs is 1. The largest absolute Gasteiger partial charge is 0.340 e. The summed E-state index contributed by atoms with van der Waals surface area (Å²) in [6.45, 7) is 0.523. The van der Waals surface area contributed by atoms with Gasteiger partial charge in [-0.05, 0) is 36.8 Å². The molecule has 1 heterocycles. The Balaban J connectivity index is 1.72. The molecule has 24 heavy (non-hydrogen) atoms. The number of aromatic nitrogens is 2. The molecule has 0 atom stereocenters. The minimum atomic E-state index is -0.183. The van der Waals surface area contributed by atoms with E-state index in [1.807, 2.05) is 30.3 Å². The summed E-state index contributed by atoms with van der Waals surface area (Å²) in [6, 6.07) is 11.5. The Morgan fingerprint density at radius 1 is 1.17 bits per heavy atom. The lowest BCUT2D eigenvalue weighted by Crippen LogP contribution is -2.35. The lowest BCUT2D eigenvalue weighted by molar-refractivity contribution is -0.131. The number of likely N-dealkylation sites (N-methyl/N-ethyl adjacent to an activating group) is 1. The summed E-state index contributed by atoms with van der Waals surface area (Å²) in [4.78, 5) is 26.3.